The van der Waals surface area contributed by atoms with E-state index in [1.54, 1.807) is 0 Å². The number of pyridine rings is 1. The van der Waals surface area contributed by atoms with Crippen molar-refractivity contribution in [1.82, 2.24) is 29.5 Å². The zero-order chi connectivity index (χ0) is 20.4. The Morgan fingerprint density at radius 1 is 1.24 bits per heavy atom. The molecule has 0 aromatic carbocycles. The number of nitrogens with zero attached hydrogens (tertiary/aromatic N) is 6. The highest BCUT2D eigenvalue weighted by Gasteiger charge is 2.32. The zero-order valence-corrected chi connectivity index (χ0v) is 18.0. The van der Waals surface area contributed by atoms with Crippen LogP contribution in [-0.4, -0.2) is 88.2 Å². The van der Waals surface area contributed by atoms with E-state index in [2.05, 4.69) is 41.9 Å². The molecule has 4 heterocycles. The van der Waals surface area contributed by atoms with Crippen LogP contribution in [0, 0.1) is 0 Å². The summed E-state index contributed by atoms with van der Waals surface area (Å²) in [7, 11) is 4.15. The third-order valence-corrected chi connectivity index (χ3v) is 6.50. The molecule has 2 aliphatic rings. The molecule has 0 N–H and O–H groups in total. The van der Waals surface area contributed by atoms with E-state index in [1.807, 2.05) is 21.8 Å². The monoisotopic (exact) mass is 398 g/mol. The third kappa shape index (κ3) is 4.46. The maximum Gasteiger partial charge on any atom is 0.236 e. The number of piperidine rings is 1. The number of rotatable bonds is 6. The number of carbonyl (C=O) groups is 1. The highest BCUT2D eigenvalue weighted by Crippen LogP contribution is 2.31. The Hall–Kier alpha value is -1.99. The lowest BCUT2D eigenvalue weighted by Crippen LogP contribution is -2.45. The average molecular weight is 399 g/mol. The summed E-state index contributed by atoms with van der Waals surface area (Å²) in [5.41, 5.74) is 2.06. The number of carbonyl (C=O) groups excluding carboxylic acids is 1. The quantitative estimate of drug-likeness (QED) is 0.747. The average Bonchev–Trinajstić information content (AvgIpc) is 3.33. The summed E-state index contributed by atoms with van der Waals surface area (Å²) < 4.78 is 2.03. The molecule has 7 heteroatoms. The van der Waals surface area contributed by atoms with Crippen LogP contribution >= 0.6 is 0 Å². The fourth-order valence-electron chi connectivity index (χ4n) is 4.66. The van der Waals surface area contributed by atoms with Crippen molar-refractivity contribution in [1.29, 1.82) is 0 Å². The molecule has 158 valence electrons. The summed E-state index contributed by atoms with van der Waals surface area (Å²) in [5, 5.41) is 6.08. The summed E-state index contributed by atoms with van der Waals surface area (Å²) in [6, 6.07) is 4.63. The number of likely N-dealkylation sites (N-methyl/N-ethyl adjacent to an activating group) is 1. The van der Waals surface area contributed by atoms with Gasteiger partial charge in [0.1, 0.15) is 0 Å². The largest absolute Gasteiger partial charge is 0.341 e. The van der Waals surface area contributed by atoms with Crippen LogP contribution in [0.2, 0.25) is 0 Å². The Kier molecular flexibility index (Phi) is 6.15. The molecule has 2 aliphatic heterocycles. The molecular formula is C22H34N6O. The number of amides is 1. The number of hydrogen-bond donors (Lipinski definition) is 0. The molecule has 0 unspecified atom stereocenters. The van der Waals surface area contributed by atoms with Crippen molar-refractivity contribution in [2.75, 3.05) is 46.8 Å². The fraction of sp³-hybridized carbons (Fsp3) is 0.682. The predicted octanol–water partition coefficient (Wildman–Crippen LogP) is 2.18. The smallest absolute Gasteiger partial charge is 0.236 e. The molecule has 2 fully saturated rings. The third-order valence-electron chi connectivity index (χ3n) is 6.50. The zero-order valence-electron chi connectivity index (χ0n) is 18.0. The minimum absolute atomic E-state index is 0.274. The summed E-state index contributed by atoms with van der Waals surface area (Å²) in [6.07, 6.45) is 6.53. The molecule has 0 saturated carbocycles. The number of likely N-dealkylation sites (tertiary alicyclic amines) is 2. The molecule has 7 nitrogen and oxygen atoms in total. The summed E-state index contributed by atoms with van der Waals surface area (Å²) in [6.45, 7) is 7.22. The van der Waals surface area contributed by atoms with E-state index >= 15 is 0 Å². The topological polar surface area (TPSA) is 57.5 Å². The first-order chi connectivity index (χ1) is 14.0. The SMILES string of the molecule is C[C@H]1CCCCN1CC(=O)N1CC[C@@H](c2nn(CCN(C)C)c3ncccc23)C1. The maximum absolute atomic E-state index is 12.9. The molecule has 0 bridgehead atoms. The van der Waals surface area contributed by atoms with E-state index in [-0.39, 0.29) is 5.91 Å². The van der Waals surface area contributed by atoms with Gasteiger partial charge in [0.25, 0.3) is 0 Å². The highest BCUT2D eigenvalue weighted by atomic mass is 16.2. The summed E-state index contributed by atoms with van der Waals surface area (Å²) in [5.74, 6) is 0.570. The van der Waals surface area contributed by atoms with Gasteiger partial charge in [0.2, 0.25) is 5.91 Å². The Labute approximate surface area is 173 Å². The predicted molar refractivity (Wildman–Crippen MR) is 115 cm³/mol. The molecule has 2 aromatic heterocycles. The van der Waals surface area contributed by atoms with Crippen LogP contribution in [0.15, 0.2) is 18.3 Å². The van der Waals surface area contributed by atoms with Crippen LogP contribution < -0.4 is 0 Å². The van der Waals surface area contributed by atoms with E-state index in [0.717, 1.165) is 55.9 Å². The van der Waals surface area contributed by atoms with E-state index in [4.69, 9.17) is 5.10 Å². The van der Waals surface area contributed by atoms with Crippen molar-refractivity contribution < 1.29 is 4.79 Å². The summed E-state index contributed by atoms with van der Waals surface area (Å²) in [4.78, 5) is 24.1. The highest BCUT2D eigenvalue weighted by molar-refractivity contribution is 5.80. The molecule has 0 spiro atoms. The summed E-state index contributed by atoms with van der Waals surface area (Å²) >= 11 is 0. The Balaban J connectivity index is 1.46. The molecule has 2 aromatic rings. The minimum Gasteiger partial charge on any atom is -0.341 e. The molecule has 0 aliphatic carbocycles. The first-order valence-electron chi connectivity index (χ1n) is 11.0. The van der Waals surface area contributed by atoms with Crippen LogP contribution in [0.5, 0.6) is 0 Å². The van der Waals surface area contributed by atoms with Gasteiger partial charge in [-0.2, -0.15) is 5.10 Å². The van der Waals surface area contributed by atoms with E-state index in [9.17, 15) is 4.79 Å². The van der Waals surface area contributed by atoms with Crippen molar-refractivity contribution in [2.24, 2.45) is 0 Å². The van der Waals surface area contributed by atoms with Gasteiger partial charge < -0.3 is 9.80 Å². The van der Waals surface area contributed by atoms with Gasteiger partial charge in [0, 0.05) is 43.2 Å². The van der Waals surface area contributed by atoms with Gasteiger partial charge in [0.05, 0.1) is 18.8 Å². The second-order valence-corrected chi connectivity index (χ2v) is 8.93. The normalized spacial score (nSPS) is 23.4. The Bertz CT molecular complexity index is 847. The van der Waals surface area contributed by atoms with E-state index < -0.39 is 0 Å². The van der Waals surface area contributed by atoms with Gasteiger partial charge in [-0.15, -0.1) is 0 Å². The first kappa shape index (κ1) is 20.3. The van der Waals surface area contributed by atoms with Gasteiger partial charge in [-0.1, -0.05) is 6.42 Å². The van der Waals surface area contributed by atoms with Crippen molar-refractivity contribution in [3.63, 3.8) is 0 Å². The molecule has 4 rings (SSSR count). The van der Waals surface area contributed by atoms with Crippen molar-refractivity contribution in [3.05, 3.63) is 24.0 Å². The molecule has 0 radical (unpaired) electrons. The van der Waals surface area contributed by atoms with Gasteiger partial charge >= 0.3 is 0 Å². The second kappa shape index (κ2) is 8.79. The van der Waals surface area contributed by atoms with Gasteiger partial charge in [-0.05, 0) is 59.0 Å². The van der Waals surface area contributed by atoms with Crippen LogP contribution in [0.3, 0.4) is 0 Å². The number of fused-ring (bicyclic) bond motifs is 1. The number of hydrogen-bond acceptors (Lipinski definition) is 5. The molecule has 1 amide bonds. The molecular weight excluding hydrogens is 364 g/mol. The van der Waals surface area contributed by atoms with Gasteiger partial charge in [-0.3, -0.25) is 9.69 Å². The van der Waals surface area contributed by atoms with Crippen LogP contribution in [0.1, 0.15) is 44.2 Å². The van der Waals surface area contributed by atoms with Crippen molar-refractivity contribution in [3.8, 4) is 0 Å². The lowest BCUT2D eigenvalue weighted by Gasteiger charge is -2.33. The Morgan fingerprint density at radius 2 is 2.10 bits per heavy atom. The van der Waals surface area contributed by atoms with Crippen molar-refractivity contribution >= 4 is 16.9 Å². The Morgan fingerprint density at radius 3 is 2.90 bits per heavy atom. The second-order valence-electron chi connectivity index (χ2n) is 8.93. The van der Waals surface area contributed by atoms with Crippen LogP contribution in [-0.2, 0) is 11.3 Å². The van der Waals surface area contributed by atoms with E-state index in [1.165, 1.54) is 19.3 Å². The van der Waals surface area contributed by atoms with Crippen molar-refractivity contribution in [2.45, 2.75) is 51.1 Å². The minimum atomic E-state index is 0.274. The van der Waals surface area contributed by atoms with Crippen LogP contribution in [0.4, 0.5) is 0 Å². The standard InChI is InChI=1S/C22H34N6O/c1-17-7-4-5-11-26(17)16-20(29)27-12-9-18(15-27)21-19-8-6-10-23-22(19)28(24-21)14-13-25(2)3/h6,8,10,17-18H,4-5,7,9,11-16H2,1-3H3/t17-,18+/m0/s1. The number of aromatic nitrogens is 3. The van der Waals surface area contributed by atoms with Gasteiger partial charge in [-0.25, -0.2) is 9.67 Å². The van der Waals surface area contributed by atoms with E-state index in [0.29, 0.717) is 18.5 Å². The molecule has 29 heavy (non-hydrogen) atoms. The maximum atomic E-state index is 12.9. The first-order valence-corrected chi connectivity index (χ1v) is 11.0. The van der Waals surface area contributed by atoms with Crippen LogP contribution in [0.25, 0.3) is 11.0 Å². The fourth-order valence-corrected chi connectivity index (χ4v) is 4.66. The lowest BCUT2D eigenvalue weighted by atomic mass is 10.0. The molecule has 2 atom stereocenters. The molecule has 2 saturated heterocycles. The lowest BCUT2D eigenvalue weighted by molar-refractivity contribution is -0.132. The van der Waals surface area contributed by atoms with Gasteiger partial charge in [0.15, 0.2) is 5.65 Å².